The fourth-order valence-corrected chi connectivity index (χ4v) is 2.20. The van der Waals surface area contributed by atoms with Crippen LogP contribution in [0.3, 0.4) is 0 Å². The lowest BCUT2D eigenvalue weighted by Gasteiger charge is -2.10. The highest BCUT2D eigenvalue weighted by molar-refractivity contribution is 5.96. The Balaban J connectivity index is 1.99. The van der Waals surface area contributed by atoms with Gasteiger partial charge in [0, 0.05) is 0 Å². The van der Waals surface area contributed by atoms with Crippen LogP contribution in [0.2, 0.25) is 0 Å². The standard InChI is InChI=1S/C18H14O2/c1-13(19)17-8-4-5-9-18(17)20-16-11-10-14-6-2-3-7-15(14)12-16/h2-12H,1H3. The van der Waals surface area contributed by atoms with E-state index in [1.165, 1.54) is 5.39 Å². The van der Waals surface area contributed by atoms with Crippen molar-refractivity contribution in [2.24, 2.45) is 0 Å². The van der Waals surface area contributed by atoms with E-state index in [-0.39, 0.29) is 5.78 Å². The smallest absolute Gasteiger partial charge is 0.163 e. The molecule has 0 aliphatic carbocycles. The molecule has 0 aromatic heterocycles. The summed E-state index contributed by atoms with van der Waals surface area (Å²) in [7, 11) is 0. The Morgan fingerprint density at radius 3 is 2.35 bits per heavy atom. The fraction of sp³-hybridized carbons (Fsp3) is 0.0556. The zero-order valence-corrected chi connectivity index (χ0v) is 11.2. The summed E-state index contributed by atoms with van der Waals surface area (Å²) >= 11 is 0. The molecule has 0 saturated heterocycles. The minimum Gasteiger partial charge on any atom is -0.457 e. The quantitative estimate of drug-likeness (QED) is 0.632. The van der Waals surface area contributed by atoms with Gasteiger partial charge in [-0.15, -0.1) is 0 Å². The average Bonchev–Trinajstić information content (AvgIpc) is 2.47. The summed E-state index contributed by atoms with van der Waals surface area (Å²) in [4.78, 5) is 11.6. The Bertz CT molecular complexity index is 775. The van der Waals surface area contributed by atoms with Crippen LogP contribution in [-0.4, -0.2) is 5.78 Å². The number of para-hydroxylation sites is 1. The van der Waals surface area contributed by atoms with Crippen LogP contribution in [0.15, 0.2) is 66.7 Å². The molecule has 0 spiro atoms. The topological polar surface area (TPSA) is 26.3 Å². The average molecular weight is 262 g/mol. The highest BCUT2D eigenvalue weighted by Gasteiger charge is 2.08. The lowest BCUT2D eigenvalue weighted by atomic mass is 10.1. The maximum atomic E-state index is 11.6. The second-order valence-corrected chi connectivity index (χ2v) is 4.66. The van der Waals surface area contributed by atoms with E-state index >= 15 is 0 Å². The molecule has 3 aromatic rings. The Morgan fingerprint density at radius 2 is 1.55 bits per heavy atom. The largest absolute Gasteiger partial charge is 0.457 e. The van der Waals surface area contributed by atoms with Gasteiger partial charge in [-0.05, 0) is 42.0 Å². The number of rotatable bonds is 3. The van der Waals surface area contributed by atoms with E-state index in [1.54, 1.807) is 13.0 Å². The highest BCUT2D eigenvalue weighted by Crippen LogP contribution is 2.28. The van der Waals surface area contributed by atoms with E-state index in [4.69, 9.17) is 4.74 Å². The van der Waals surface area contributed by atoms with Gasteiger partial charge in [-0.2, -0.15) is 0 Å². The van der Waals surface area contributed by atoms with Gasteiger partial charge >= 0.3 is 0 Å². The molecule has 0 aliphatic heterocycles. The van der Waals surface area contributed by atoms with E-state index < -0.39 is 0 Å². The number of hydrogen-bond donors (Lipinski definition) is 0. The molecule has 0 heterocycles. The van der Waals surface area contributed by atoms with Gasteiger partial charge in [-0.3, -0.25) is 4.79 Å². The second-order valence-electron chi connectivity index (χ2n) is 4.66. The molecule has 0 unspecified atom stereocenters. The number of carbonyl (C=O) groups is 1. The van der Waals surface area contributed by atoms with Crippen molar-refractivity contribution in [2.45, 2.75) is 6.92 Å². The summed E-state index contributed by atoms with van der Waals surface area (Å²) in [6.07, 6.45) is 0. The molecule has 0 amide bonds. The summed E-state index contributed by atoms with van der Waals surface area (Å²) in [6, 6.07) is 21.3. The van der Waals surface area contributed by atoms with Crippen molar-refractivity contribution in [3.05, 3.63) is 72.3 Å². The first-order valence-corrected chi connectivity index (χ1v) is 6.51. The Morgan fingerprint density at radius 1 is 0.850 bits per heavy atom. The molecule has 0 N–H and O–H groups in total. The van der Waals surface area contributed by atoms with Crippen molar-refractivity contribution in [2.75, 3.05) is 0 Å². The van der Waals surface area contributed by atoms with Crippen molar-refractivity contribution in [1.29, 1.82) is 0 Å². The first kappa shape index (κ1) is 12.4. The Hall–Kier alpha value is -2.61. The van der Waals surface area contributed by atoms with Gasteiger partial charge < -0.3 is 4.74 Å². The number of ether oxygens (including phenoxy) is 1. The van der Waals surface area contributed by atoms with E-state index in [0.717, 1.165) is 11.1 Å². The lowest BCUT2D eigenvalue weighted by molar-refractivity contribution is 0.101. The van der Waals surface area contributed by atoms with Gasteiger partial charge in [-0.25, -0.2) is 0 Å². The van der Waals surface area contributed by atoms with Crippen LogP contribution in [0.5, 0.6) is 11.5 Å². The number of hydrogen-bond acceptors (Lipinski definition) is 2. The number of ketones is 1. The summed E-state index contributed by atoms with van der Waals surface area (Å²) in [6.45, 7) is 1.54. The van der Waals surface area contributed by atoms with E-state index in [0.29, 0.717) is 11.3 Å². The van der Waals surface area contributed by atoms with Crippen LogP contribution in [0.25, 0.3) is 10.8 Å². The van der Waals surface area contributed by atoms with Gasteiger partial charge in [0.25, 0.3) is 0 Å². The first-order valence-electron chi connectivity index (χ1n) is 6.51. The molecule has 20 heavy (non-hydrogen) atoms. The molecule has 3 rings (SSSR count). The van der Waals surface area contributed by atoms with Gasteiger partial charge in [0.1, 0.15) is 11.5 Å². The zero-order chi connectivity index (χ0) is 13.9. The third-order valence-corrected chi connectivity index (χ3v) is 3.22. The van der Waals surface area contributed by atoms with Crippen molar-refractivity contribution in [3.8, 4) is 11.5 Å². The van der Waals surface area contributed by atoms with Gasteiger partial charge in [0.05, 0.1) is 5.56 Å². The molecule has 0 saturated carbocycles. The summed E-state index contributed by atoms with van der Waals surface area (Å²) < 4.78 is 5.86. The maximum absolute atomic E-state index is 11.6. The summed E-state index contributed by atoms with van der Waals surface area (Å²) in [5.41, 5.74) is 0.598. The van der Waals surface area contributed by atoms with Crippen LogP contribution < -0.4 is 4.74 Å². The van der Waals surface area contributed by atoms with Crippen molar-refractivity contribution in [3.63, 3.8) is 0 Å². The minimum absolute atomic E-state index is 0.00129. The molecular weight excluding hydrogens is 248 g/mol. The monoisotopic (exact) mass is 262 g/mol. The molecule has 2 heteroatoms. The predicted molar refractivity (Wildman–Crippen MR) is 80.5 cm³/mol. The molecule has 0 bridgehead atoms. The van der Waals surface area contributed by atoms with Gasteiger partial charge in [-0.1, -0.05) is 42.5 Å². The van der Waals surface area contributed by atoms with Crippen molar-refractivity contribution < 1.29 is 9.53 Å². The third kappa shape index (κ3) is 2.41. The molecule has 0 radical (unpaired) electrons. The Labute approximate surface area is 117 Å². The lowest BCUT2D eigenvalue weighted by Crippen LogP contribution is -1.96. The summed E-state index contributed by atoms with van der Waals surface area (Å²) in [5, 5.41) is 2.28. The molecule has 98 valence electrons. The van der Waals surface area contributed by atoms with E-state index in [1.807, 2.05) is 54.6 Å². The number of benzene rings is 3. The van der Waals surface area contributed by atoms with Crippen molar-refractivity contribution >= 4 is 16.6 Å². The molecule has 0 atom stereocenters. The normalized spacial score (nSPS) is 10.4. The van der Waals surface area contributed by atoms with Gasteiger partial charge in [0.2, 0.25) is 0 Å². The predicted octanol–water partition coefficient (Wildman–Crippen LogP) is 4.83. The van der Waals surface area contributed by atoms with Crippen LogP contribution in [0, 0.1) is 0 Å². The molecule has 2 nitrogen and oxygen atoms in total. The number of fused-ring (bicyclic) bond motifs is 1. The van der Waals surface area contributed by atoms with E-state index in [2.05, 4.69) is 6.07 Å². The van der Waals surface area contributed by atoms with E-state index in [9.17, 15) is 4.79 Å². The highest BCUT2D eigenvalue weighted by atomic mass is 16.5. The maximum Gasteiger partial charge on any atom is 0.163 e. The van der Waals surface area contributed by atoms with Crippen molar-refractivity contribution in [1.82, 2.24) is 0 Å². The van der Waals surface area contributed by atoms with Gasteiger partial charge in [0.15, 0.2) is 5.78 Å². The second kappa shape index (κ2) is 5.17. The molecule has 0 aliphatic rings. The fourth-order valence-electron chi connectivity index (χ4n) is 2.20. The molecule has 0 fully saturated rings. The minimum atomic E-state index is 0.00129. The number of Topliss-reactive ketones (excluding diaryl/α,β-unsaturated/α-hetero) is 1. The zero-order valence-electron chi connectivity index (χ0n) is 11.2. The summed E-state index contributed by atoms with van der Waals surface area (Å²) in [5.74, 6) is 1.33. The SMILES string of the molecule is CC(=O)c1ccccc1Oc1ccc2ccccc2c1. The van der Waals surface area contributed by atoms with Crippen LogP contribution in [0.4, 0.5) is 0 Å². The third-order valence-electron chi connectivity index (χ3n) is 3.22. The van der Waals surface area contributed by atoms with Crippen LogP contribution in [-0.2, 0) is 0 Å². The first-order chi connectivity index (χ1) is 9.74. The molecular formula is C18H14O2. The molecule has 3 aromatic carbocycles. The Kier molecular flexibility index (Phi) is 3.21. The van der Waals surface area contributed by atoms with Crippen LogP contribution in [0.1, 0.15) is 17.3 Å². The van der Waals surface area contributed by atoms with Crippen LogP contribution >= 0.6 is 0 Å². The number of carbonyl (C=O) groups excluding carboxylic acids is 1.